The van der Waals surface area contributed by atoms with E-state index >= 15 is 0 Å². The van der Waals surface area contributed by atoms with Crippen LogP contribution in [-0.4, -0.2) is 33.3 Å². The molecular formula is C12H20N4S. The van der Waals surface area contributed by atoms with Crippen LogP contribution in [0.3, 0.4) is 0 Å². The maximum atomic E-state index is 4.52. The summed E-state index contributed by atoms with van der Waals surface area (Å²) in [5.41, 5.74) is 1.13. The van der Waals surface area contributed by atoms with Crippen molar-refractivity contribution < 1.29 is 0 Å². The highest BCUT2D eigenvalue weighted by Gasteiger charge is 2.21. The van der Waals surface area contributed by atoms with Crippen LogP contribution in [0, 0.1) is 5.92 Å². The maximum Gasteiger partial charge on any atom is 0.156 e. The number of thioether (sulfide) groups is 1. The van der Waals surface area contributed by atoms with Gasteiger partial charge in [-0.25, -0.2) is 0 Å². The highest BCUT2D eigenvalue weighted by molar-refractivity contribution is 8.14. The zero-order chi connectivity index (χ0) is 12.3. The summed E-state index contributed by atoms with van der Waals surface area (Å²) in [5, 5.41) is 9.48. The van der Waals surface area contributed by atoms with Crippen molar-refractivity contribution in [3.63, 3.8) is 0 Å². The first-order chi connectivity index (χ1) is 8.15. The van der Waals surface area contributed by atoms with Crippen LogP contribution in [0.4, 0.5) is 0 Å². The molecule has 0 amide bonds. The molecule has 4 nitrogen and oxygen atoms in total. The van der Waals surface area contributed by atoms with Crippen molar-refractivity contribution in [1.29, 1.82) is 0 Å². The standard InChI is InChI=1S/C12H20N4S/c1-9(2)11-8-14-12(17-11)13-6-4-10-5-7-16(3)15-10/h5,7,9,11H,4,6,8H2,1-3H3,(H,13,14). The van der Waals surface area contributed by atoms with E-state index in [1.54, 1.807) is 0 Å². The van der Waals surface area contributed by atoms with Gasteiger partial charge in [-0.15, -0.1) is 0 Å². The van der Waals surface area contributed by atoms with Crippen LogP contribution < -0.4 is 5.32 Å². The smallest absolute Gasteiger partial charge is 0.156 e. The summed E-state index contributed by atoms with van der Waals surface area (Å²) in [5.74, 6) is 0.693. The van der Waals surface area contributed by atoms with Gasteiger partial charge in [-0.05, 0) is 12.0 Å². The quantitative estimate of drug-likeness (QED) is 0.886. The molecule has 0 saturated carbocycles. The van der Waals surface area contributed by atoms with E-state index in [9.17, 15) is 0 Å². The zero-order valence-electron chi connectivity index (χ0n) is 10.7. The predicted octanol–water partition coefficient (Wildman–Crippen LogP) is 1.68. The molecule has 2 rings (SSSR count). The van der Waals surface area contributed by atoms with E-state index in [1.165, 1.54) is 0 Å². The van der Waals surface area contributed by atoms with E-state index in [4.69, 9.17) is 0 Å². The zero-order valence-corrected chi connectivity index (χ0v) is 11.5. The summed E-state index contributed by atoms with van der Waals surface area (Å²) in [7, 11) is 1.95. The van der Waals surface area contributed by atoms with E-state index in [-0.39, 0.29) is 0 Å². The monoisotopic (exact) mass is 252 g/mol. The van der Waals surface area contributed by atoms with E-state index in [0.29, 0.717) is 11.2 Å². The van der Waals surface area contributed by atoms with Crippen molar-refractivity contribution in [2.45, 2.75) is 25.5 Å². The fourth-order valence-electron chi connectivity index (χ4n) is 1.73. The summed E-state index contributed by atoms with van der Waals surface area (Å²) in [6.45, 7) is 6.37. The van der Waals surface area contributed by atoms with E-state index in [2.05, 4.69) is 35.3 Å². The van der Waals surface area contributed by atoms with Gasteiger partial charge >= 0.3 is 0 Å². The SMILES string of the molecule is CC(C)C1CN=C(NCCc2ccn(C)n2)S1. The lowest BCUT2D eigenvalue weighted by atomic mass is 10.1. The Morgan fingerprint density at radius 3 is 3.00 bits per heavy atom. The Labute approximate surface area is 107 Å². The second-order valence-corrected chi connectivity index (χ2v) is 5.93. The minimum atomic E-state index is 0.646. The molecule has 94 valence electrons. The second kappa shape index (κ2) is 5.58. The Bertz CT molecular complexity index is 397. The first kappa shape index (κ1) is 12.5. The Morgan fingerprint density at radius 1 is 1.59 bits per heavy atom. The largest absolute Gasteiger partial charge is 0.365 e. The van der Waals surface area contributed by atoms with Crippen molar-refractivity contribution in [2.24, 2.45) is 18.0 Å². The molecule has 1 aromatic rings. The predicted molar refractivity (Wildman–Crippen MR) is 73.4 cm³/mol. The Hall–Kier alpha value is -0.970. The first-order valence-corrected chi connectivity index (χ1v) is 6.96. The average Bonchev–Trinajstić information content (AvgIpc) is 2.88. The number of hydrogen-bond acceptors (Lipinski definition) is 4. The third kappa shape index (κ3) is 3.49. The molecular weight excluding hydrogens is 232 g/mol. The van der Waals surface area contributed by atoms with Crippen LogP contribution in [0.1, 0.15) is 19.5 Å². The molecule has 0 fully saturated rings. The summed E-state index contributed by atoms with van der Waals surface area (Å²) in [6.07, 6.45) is 2.93. The molecule has 0 spiro atoms. The molecule has 1 atom stereocenters. The van der Waals surface area contributed by atoms with Crippen molar-refractivity contribution in [2.75, 3.05) is 13.1 Å². The van der Waals surface area contributed by atoms with Crippen molar-refractivity contribution in [1.82, 2.24) is 15.1 Å². The summed E-state index contributed by atoms with van der Waals surface area (Å²) >= 11 is 1.87. The number of amidine groups is 1. The Morgan fingerprint density at radius 2 is 2.41 bits per heavy atom. The minimum absolute atomic E-state index is 0.646. The molecule has 0 saturated heterocycles. The highest BCUT2D eigenvalue weighted by atomic mass is 32.2. The topological polar surface area (TPSA) is 42.2 Å². The van der Waals surface area contributed by atoms with E-state index in [0.717, 1.165) is 30.4 Å². The number of rotatable bonds is 4. The number of aryl methyl sites for hydroxylation is 1. The molecule has 1 aromatic heterocycles. The van der Waals surface area contributed by atoms with Gasteiger partial charge in [-0.3, -0.25) is 9.67 Å². The molecule has 1 aliphatic heterocycles. The third-order valence-corrected chi connectivity index (χ3v) is 4.34. The molecule has 1 aliphatic rings. The minimum Gasteiger partial charge on any atom is -0.365 e. The summed E-state index contributed by atoms with van der Waals surface area (Å²) in [6, 6.07) is 2.06. The van der Waals surface area contributed by atoms with Crippen LogP contribution >= 0.6 is 11.8 Å². The molecule has 0 aromatic carbocycles. The fraction of sp³-hybridized carbons (Fsp3) is 0.667. The van der Waals surface area contributed by atoms with Gasteiger partial charge in [0.05, 0.1) is 12.2 Å². The lowest BCUT2D eigenvalue weighted by Crippen LogP contribution is -2.23. The van der Waals surface area contributed by atoms with Gasteiger partial charge in [0.15, 0.2) is 5.17 Å². The molecule has 0 aliphatic carbocycles. The second-order valence-electron chi connectivity index (χ2n) is 4.70. The van der Waals surface area contributed by atoms with Crippen LogP contribution in [0.5, 0.6) is 0 Å². The average molecular weight is 252 g/mol. The van der Waals surface area contributed by atoms with Crippen molar-refractivity contribution >= 4 is 16.9 Å². The van der Waals surface area contributed by atoms with Gasteiger partial charge in [0.25, 0.3) is 0 Å². The normalized spacial score (nSPS) is 19.8. The van der Waals surface area contributed by atoms with Crippen molar-refractivity contribution in [3.05, 3.63) is 18.0 Å². The van der Waals surface area contributed by atoms with Crippen LogP contribution in [0.15, 0.2) is 17.3 Å². The number of nitrogens with zero attached hydrogens (tertiary/aromatic N) is 3. The van der Waals surface area contributed by atoms with Gasteiger partial charge in [-0.1, -0.05) is 25.6 Å². The van der Waals surface area contributed by atoms with Crippen LogP contribution in [0.2, 0.25) is 0 Å². The van der Waals surface area contributed by atoms with Gasteiger partial charge in [-0.2, -0.15) is 5.10 Å². The number of nitrogens with one attached hydrogen (secondary N) is 1. The van der Waals surface area contributed by atoms with Crippen molar-refractivity contribution in [3.8, 4) is 0 Å². The Kier molecular flexibility index (Phi) is 4.10. The van der Waals surface area contributed by atoms with E-state index < -0.39 is 0 Å². The number of aromatic nitrogens is 2. The molecule has 1 N–H and O–H groups in total. The van der Waals surface area contributed by atoms with E-state index in [1.807, 2.05) is 29.7 Å². The van der Waals surface area contributed by atoms with Gasteiger partial charge in [0, 0.05) is 31.5 Å². The lowest BCUT2D eigenvalue weighted by Gasteiger charge is -2.11. The lowest BCUT2D eigenvalue weighted by molar-refractivity contribution is 0.621. The van der Waals surface area contributed by atoms with Gasteiger partial charge in [0.2, 0.25) is 0 Å². The Balaban J connectivity index is 1.70. The van der Waals surface area contributed by atoms with Gasteiger partial charge < -0.3 is 5.32 Å². The molecule has 2 heterocycles. The molecule has 17 heavy (non-hydrogen) atoms. The molecule has 0 bridgehead atoms. The molecule has 1 unspecified atom stereocenters. The first-order valence-electron chi connectivity index (χ1n) is 6.08. The number of hydrogen-bond donors (Lipinski definition) is 1. The van der Waals surface area contributed by atoms with Crippen LogP contribution in [-0.2, 0) is 13.5 Å². The van der Waals surface area contributed by atoms with Gasteiger partial charge in [0.1, 0.15) is 0 Å². The van der Waals surface area contributed by atoms with Crippen LogP contribution in [0.25, 0.3) is 0 Å². The third-order valence-electron chi connectivity index (χ3n) is 2.85. The number of aliphatic imine (C=N–C) groups is 1. The molecule has 0 radical (unpaired) electrons. The highest BCUT2D eigenvalue weighted by Crippen LogP contribution is 2.25. The summed E-state index contributed by atoms with van der Waals surface area (Å²) < 4.78 is 1.84. The molecule has 5 heteroatoms. The fourth-order valence-corrected chi connectivity index (χ4v) is 2.77. The summed E-state index contributed by atoms with van der Waals surface area (Å²) in [4.78, 5) is 4.52. The maximum absolute atomic E-state index is 4.52.